The summed E-state index contributed by atoms with van der Waals surface area (Å²) in [5.74, 6) is 1.79. The highest BCUT2D eigenvalue weighted by atomic mass is 16.5. The van der Waals surface area contributed by atoms with Crippen molar-refractivity contribution in [3.8, 4) is 11.8 Å². The number of fused-ring (bicyclic) bond motifs is 1. The van der Waals surface area contributed by atoms with Gasteiger partial charge in [0.05, 0.1) is 17.7 Å². The molecular formula is C20H25NO. The second kappa shape index (κ2) is 7.84. The number of hydrogen-bond acceptors (Lipinski definition) is 2. The van der Waals surface area contributed by atoms with Crippen molar-refractivity contribution >= 4 is 10.8 Å². The fraction of sp³-hybridized carbons (Fsp3) is 0.450. The van der Waals surface area contributed by atoms with Gasteiger partial charge in [-0.3, -0.25) is 0 Å². The minimum Gasteiger partial charge on any atom is -0.490 e. The predicted molar refractivity (Wildman–Crippen MR) is 92.1 cm³/mol. The van der Waals surface area contributed by atoms with E-state index in [-0.39, 0.29) is 0 Å². The second-order valence-corrected chi connectivity index (χ2v) is 5.84. The molecule has 0 heterocycles. The molecular weight excluding hydrogens is 270 g/mol. The molecule has 0 atom stereocenters. The van der Waals surface area contributed by atoms with Crippen molar-refractivity contribution in [2.45, 2.75) is 52.6 Å². The first-order valence-corrected chi connectivity index (χ1v) is 8.35. The number of benzene rings is 2. The van der Waals surface area contributed by atoms with Gasteiger partial charge in [0.1, 0.15) is 5.75 Å². The van der Waals surface area contributed by atoms with E-state index in [1.54, 1.807) is 0 Å². The minimum absolute atomic E-state index is 0.363. The molecule has 0 unspecified atom stereocenters. The van der Waals surface area contributed by atoms with Crippen LogP contribution < -0.4 is 4.74 Å². The Balaban J connectivity index is 0.000000847. The van der Waals surface area contributed by atoms with Gasteiger partial charge in [-0.1, -0.05) is 32.9 Å². The van der Waals surface area contributed by atoms with Crippen LogP contribution in [0.3, 0.4) is 0 Å². The molecule has 2 aromatic rings. The lowest BCUT2D eigenvalue weighted by Gasteiger charge is -2.27. The van der Waals surface area contributed by atoms with E-state index in [1.807, 2.05) is 44.2 Å². The van der Waals surface area contributed by atoms with Gasteiger partial charge < -0.3 is 4.74 Å². The Labute approximate surface area is 133 Å². The number of ether oxygens (including phenoxy) is 1. The molecule has 1 aliphatic rings. The number of nitriles is 1. The molecule has 3 rings (SSSR count). The van der Waals surface area contributed by atoms with Crippen LogP contribution in [0.25, 0.3) is 10.8 Å². The van der Waals surface area contributed by atoms with Crippen LogP contribution in [0.2, 0.25) is 0 Å². The first-order valence-electron chi connectivity index (χ1n) is 8.35. The maximum Gasteiger partial charge on any atom is 0.120 e. The average molecular weight is 295 g/mol. The summed E-state index contributed by atoms with van der Waals surface area (Å²) >= 11 is 0. The van der Waals surface area contributed by atoms with E-state index in [0.29, 0.717) is 11.7 Å². The fourth-order valence-corrected chi connectivity index (χ4v) is 2.91. The molecule has 2 heteroatoms. The maximum atomic E-state index is 8.91. The number of nitrogens with zero attached hydrogens (tertiary/aromatic N) is 1. The van der Waals surface area contributed by atoms with E-state index in [0.717, 1.165) is 35.3 Å². The molecule has 2 aromatic carbocycles. The zero-order valence-corrected chi connectivity index (χ0v) is 13.8. The normalized spacial score (nSPS) is 20.6. The van der Waals surface area contributed by atoms with E-state index >= 15 is 0 Å². The molecule has 0 bridgehead atoms. The lowest BCUT2D eigenvalue weighted by molar-refractivity contribution is 0.136. The van der Waals surface area contributed by atoms with Gasteiger partial charge in [-0.15, -0.1) is 0 Å². The average Bonchev–Trinajstić information content (AvgIpc) is 2.58. The van der Waals surface area contributed by atoms with E-state index < -0.39 is 0 Å². The Morgan fingerprint density at radius 2 is 1.59 bits per heavy atom. The van der Waals surface area contributed by atoms with Crippen molar-refractivity contribution in [1.29, 1.82) is 5.26 Å². The lowest BCUT2D eigenvalue weighted by Crippen LogP contribution is -2.22. The molecule has 2 nitrogen and oxygen atoms in total. The molecule has 22 heavy (non-hydrogen) atoms. The van der Waals surface area contributed by atoms with E-state index in [1.165, 1.54) is 12.8 Å². The van der Waals surface area contributed by atoms with Crippen LogP contribution >= 0.6 is 0 Å². The molecule has 1 aliphatic carbocycles. The van der Waals surface area contributed by atoms with Crippen LogP contribution in [0.4, 0.5) is 0 Å². The van der Waals surface area contributed by atoms with Crippen LogP contribution in [0, 0.1) is 17.2 Å². The maximum absolute atomic E-state index is 8.91. The molecule has 0 amide bonds. The SMILES string of the molecule is CC.CC1CCC(Oc2ccc3cc(C#N)ccc3c2)CC1. The Morgan fingerprint density at radius 3 is 2.27 bits per heavy atom. The quantitative estimate of drug-likeness (QED) is 0.712. The Morgan fingerprint density at radius 1 is 0.955 bits per heavy atom. The van der Waals surface area contributed by atoms with Crippen LogP contribution in [-0.2, 0) is 0 Å². The standard InChI is InChI=1S/C18H19NO.C2H6/c1-13-2-7-17(8-3-13)20-18-9-6-15-10-14(12-19)4-5-16(15)11-18;1-2/h4-6,9-11,13,17H,2-3,7-8H2,1H3;1-2H3. The molecule has 0 spiro atoms. The highest BCUT2D eigenvalue weighted by Crippen LogP contribution is 2.29. The van der Waals surface area contributed by atoms with Gasteiger partial charge in [-0.05, 0) is 66.6 Å². The van der Waals surface area contributed by atoms with Gasteiger partial charge in [0.2, 0.25) is 0 Å². The van der Waals surface area contributed by atoms with Gasteiger partial charge in [-0.2, -0.15) is 5.26 Å². The van der Waals surface area contributed by atoms with Crippen molar-refractivity contribution in [3.05, 3.63) is 42.0 Å². The van der Waals surface area contributed by atoms with Crippen LogP contribution in [-0.4, -0.2) is 6.10 Å². The summed E-state index contributed by atoms with van der Waals surface area (Å²) in [7, 11) is 0. The highest BCUT2D eigenvalue weighted by molar-refractivity contribution is 5.85. The minimum atomic E-state index is 0.363. The van der Waals surface area contributed by atoms with Crippen LogP contribution in [0.15, 0.2) is 36.4 Å². The molecule has 0 aliphatic heterocycles. The summed E-state index contributed by atoms with van der Waals surface area (Å²) in [6.45, 7) is 6.32. The molecule has 0 radical (unpaired) electrons. The topological polar surface area (TPSA) is 33.0 Å². The molecule has 0 N–H and O–H groups in total. The molecule has 116 valence electrons. The van der Waals surface area contributed by atoms with Crippen molar-refractivity contribution in [3.63, 3.8) is 0 Å². The highest BCUT2D eigenvalue weighted by Gasteiger charge is 2.19. The zero-order chi connectivity index (χ0) is 15.9. The van der Waals surface area contributed by atoms with E-state index in [2.05, 4.69) is 19.1 Å². The molecule has 1 fully saturated rings. The third kappa shape index (κ3) is 4.01. The van der Waals surface area contributed by atoms with Gasteiger partial charge in [0.15, 0.2) is 0 Å². The van der Waals surface area contributed by atoms with Gasteiger partial charge >= 0.3 is 0 Å². The van der Waals surface area contributed by atoms with Crippen LogP contribution in [0.1, 0.15) is 52.0 Å². The molecule has 0 saturated heterocycles. The Kier molecular flexibility index (Phi) is 5.83. The Bertz CT molecular complexity index is 648. The summed E-state index contributed by atoms with van der Waals surface area (Å²) in [5.41, 5.74) is 0.701. The number of rotatable bonds is 2. The largest absolute Gasteiger partial charge is 0.490 e. The van der Waals surface area contributed by atoms with Crippen molar-refractivity contribution in [2.24, 2.45) is 5.92 Å². The van der Waals surface area contributed by atoms with Crippen LogP contribution in [0.5, 0.6) is 5.75 Å². The first kappa shape index (κ1) is 16.4. The molecule has 0 aromatic heterocycles. The second-order valence-electron chi connectivity index (χ2n) is 5.84. The smallest absolute Gasteiger partial charge is 0.120 e. The van der Waals surface area contributed by atoms with Crippen molar-refractivity contribution in [1.82, 2.24) is 0 Å². The first-order chi connectivity index (χ1) is 10.7. The lowest BCUT2D eigenvalue weighted by atomic mass is 9.89. The van der Waals surface area contributed by atoms with Crippen molar-refractivity contribution < 1.29 is 4.74 Å². The van der Waals surface area contributed by atoms with E-state index in [4.69, 9.17) is 10.00 Å². The third-order valence-electron chi connectivity index (χ3n) is 4.21. The summed E-state index contributed by atoms with van der Waals surface area (Å²) in [5, 5.41) is 11.1. The van der Waals surface area contributed by atoms with Crippen molar-refractivity contribution in [2.75, 3.05) is 0 Å². The fourth-order valence-electron chi connectivity index (χ4n) is 2.91. The van der Waals surface area contributed by atoms with Gasteiger partial charge in [0.25, 0.3) is 0 Å². The summed E-state index contributed by atoms with van der Waals surface area (Å²) in [6, 6.07) is 14.1. The third-order valence-corrected chi connectivity index (χ3v) is 4.21. The van der Waals surface area contributed by atoms with Gasteiger partial charge in [-0.25, -0.2) is 0 Å². The zero-order valence-electron chi connectivity index (χ0n) is 13.8. The Hall–Kier alpha value is -2.01. The monoisotopic (exact) mass is 295 g/mol. The summed E-state index contributed by atoms with van der Waals surface area (Å²) < 4.78 is 6.10. The van der Waals surface area contributed by atoms with Gasteiger partial charge in [0, 0.05) is 0 Å². The predicted octanol–water partition coefficient (Wildman–Crippen LogP) is 5.70. The number of hydrogen-bond donors (Lipinski definition) is 0. The summed E-state index contributed by atoms with van der Waals surface area (Å²) in [4.78, 5) is 0. The molecule has 1 saturated carbocycles. The van der Waals surface area contributed by atoms with E-state index in [9.17, 15) is 0 Å². The summed E-state index contributed by atoms with van der Waals surface area (Å²) in [6.07, 6.45) is 5.22.